The predicted molar refractivity (Wildman–Crippen MR) is 79.1 cm³/mol. The van der Waals surface area contributed by atoms with Crippen LogP contribution in [-0.4, -0.2) is 30.4 Å². The second kappa shape index (κ2) is 9.37. The fourth-order valence-electron chi connectivity index (χ4n) is 2.80. The van der Waals surface area contributed by atoms with E-state index in [-0.39, 0.29) is 0 Å². The number of likely N-dealkylation sites (tertiary alicyclic amines) is 1. The van der Waals surface area contributed by atoms with Gasteiger partial charge in [-0.1, -0.05) is 45.4 Å². The Morgan fingerprint density at radius 2 is 1.83 bits per heavy atom. The molecule has 1 aliphatic heterocycles. The highest BCUT2D eigenvalue weighted by molar-refractivity contribution is 5.79. The van der Waals surface area contributed by atoms with Crippen molar-refractivity contribution in [3.05, 3.63) is 0 Å². The zero-order valence-electron chi connectivity index (χ0n) is 12.1. The van der Waals surface area contributed by atoms with Crippen LogP contribution in [0.1, 0.15) is 64.7 Å². The molecule has 1 atom stereocenters. The van der Waals surface area contributed by atoms with Crippen molar-refractivity contribution in [1.82, 2.24) is 4.90 Å². The number of unbranched alkanes of at least 4 members (excludes halogenated alkanes) is 6. The van der Waals surface area contributed by atoms with Gasteiger partial charge in [-0.25, -0.2) is 0 Å². The molecule has 0 aromatic carbocycles. The van der Waals surface area contributed by atoms with Gasteiger partial charge in [0.2, 0.25) is 0 Å². The molecule has 0 amide bonds. The summed E-state index contributed by atoms with van der Waals surface area (Å²) in [7, 11) is 0. The van der Waals surface area contributed by atoms with Crippen LogP contribution >= 0.6 is 0 Å². The molecule has 1 saturated heterocycles. The maximum absolute atomic E-state index is 7.54. The molecule has 0 aromatic rings. The molecule has 1 rings (SSSR count). The van der Waals surface area contributed by atoms with Crippen molar-refractivity contribution in [2.45, 2.75) is 64.7 Å². The summed E-state index contributed by atoms with van der Waals surface area (Å²) in [6.45, 7) is 5.70. The minimum absolute atomic E-state index is 0.323. The summed E-state index contributed by atoms with van der Waals surface area (Å²) >= 11 is 0. The molecule has 1 aliphatic rings. The van der Waals surface area contributed by atoms with Crippen molar-refractivity contribution in [3.63, 3.8) is 0 Å². The number of nitrogens with two attached hydrogens (primary N) is 1. The van der Waals surface area contributed by atoms with E-state index in [0.29, 0.717) is 11.8 Å². The van der Waals surface area contributed by atoms with Gasteiger partial charge in [-0.05, 0) is 32.4 Å². The molecular weight excluding hydrogens is 222 g/mol. The lowest BCUT2D eigenvalue weighted by atomic mass is 9.97. The summed E-state index contributed by atoms with van der Waals surface area (Å²) in [5.41, 5.74) is 5.61. The van der Waals surface area contributed by atoms with Crippen LogP contribution in [0.4, 0.5) is 0 Å². The van der Waals surface area contributed by atoms with Gasteiger partial charge in [-0.2, -0.15) is 0 Å². The van der Waals surface area contributed by atoms with Crippen LogP contribution in [0, 0.1) is 11.3 Å². The highest BCUT2D eigenvalue weighted by atomic mass is 15.1. The van der Waals surface area contributed by atoms with Gasteiger partial charge in [0, 0.05) is 12.5 Å². The minimum atomic E-state index is 0.323. The number of nitrogens with one attached hydrogen (secondary N) is 1. The Balaban J connectivity index is 2.00. The van der Waals surface area contributed by atoms with Crippen molar-refractivity contribution < 1.29 is 0 Å². The summed E-state index contributed by atoms with van der Waals surface area (Å²) < 4.78 is 0. The van der Waals surface area contributed by atoms with Gasteiger partial charge in [0.15, 0.2) is 0 Å². The van der Waals surface area contributed by atoms with Gasteiger partial charge in [-0.15, -0.1) is 0 Å². The number of hydrogen-bond donors (Lipinski definition) is 2. The quantitative estimate of drug-likeness (QED) is 0.376. The normalized spacial score (nSPS) is 21.1. The minimum Gasteiger partial charge on any atom is -0.387 e. The van der Waals surface area contributed by atoms with Crippen LogP contribution in [0.25, 0.3) is 0 Å². The Morgan fingerprint density at radius 1 is 1.17 bits per heavy atom. The second-order valence-corrected chi connectivity index (χ2v) is 5.72. The van der Waals surface area contributed by atoms with E-state index >= 15 is 0 Å². The summed E-state index contributed by atoms with van der Waals surface area (Å²) in [6.07, 6.45) is 11.9. The third kappa shape index (κ3) is 6.39. The highest BCUT2D eigenvalue weighted by Crippen LogP contribution is 2.17. The third-order valence-corrected chi connectivity index (χ3v) is 4.02. The first-order valence-electron chi connectivity index (χ1n) is 7.80. The maximum atomic E-state index is 7.54. The topological polar surface area (TPSA) is 53.1 Å². The van der Waals surface area contributed by atoms with E-state index in [2.05, 4.69) is 11.8 Å². The fourth-order valence-corrected chi connectivity index (χ4v) is 2.80. The number of amidine groups is 1. The first kappa shape index (κ1) is 15.5. The first-order valence-corrected chi connectivity index (χ1v) is 7.80. The zero-order valence-corrected chi connectivity index (χ0v) is 12.1. The van der Waals surface area contributed by atoms with Crippen molar-refractivity contribution in [2.24, 2.45) is 11.7 Å². The van der Waals surface area contributed by atoms with Gasteiger partial charge in [0.1, 0.15) is 0 Å². The van der Waals surface area contributed by atoms with E-state index in [1.165, 1.54) is 64.5 Å². The number of nitrogens with zero attached hydrogens (tertiary/aromatic N) is 1. The van der Waals surface area contributed by atoms with Crippen molar-refractivity contribution >= 4 is 5.84 Å². The Kier molecular flexibility index (Phi) is 8.06. The van der Waals surface area contributed by atoms with Crippen LogP contribution in [-0.2, 0) is 0 Å². The molecule has 1 unspecified atom stereocenters. The molecule has 3 N–H and O–H groups in total. The molecular formula is C15H31N3. The van der Waals surface area contributed by atoms with Gasteiger partial charge in [-0.3, -0.25) is 5.41 Å². The summed E-state index contributed by atoms with van der Waals surface area (Å²) in [4.78, 5) is 2.50. The summed E-state index contributed by atoms with van der Waals surface area (Å²) in [5, 5.41) is 7.54. The van der Waals surface area contributed by atoms with Gasteiger partial charge in [0.05, 0.1) is 5.84 Å². The van der Waals surface area contributed by atoms with E-state index in [0.717, 1.165) is 13.0 Å². The molecule has 3 nitrogen and oxygen atoms in total. The summed E-state index contributed by atoms with van der Waals surface area (Å²) in [6, 6.07) is 0. The molecule has 1 fully saturated rings. The third-order valence-electron chi connectivity index (χ3n) is 4.02. The van der Waals surface area contributed by atoms with E-state index in [1.54, 1.807) is 0 Å². The van der Waals surface area contributed by atoms with E-state index in [4.69, 9.17) is 11.1 Å². The second-order valence-electron chi connectivity index (χ2n) is 5.72. The van der Waals surface area contributed by atoms with Crippen molar-refractivity contribution in [3.8, 4) is 0 Å². The molecule has 0 saturated carbocycles. The van der Waals surface area contributed by atoms with Crippen molar-refractivity contribution in [1.29, 1.82) is 5.41 Å². The van der Waals surface area contributed by atoms with Crippen LogP contribution in [0.2, 0.25) is 0 Å². The molecule has 0 radical (unpaired) electrons. The molecule has 0 spiro atoms. The lowest BCUT2D eigenvalue weighted by Crippen LogP contribution is -2.41. The van der Waals surface area contributed by atoms with Crippen LogP contribution < -0.4 is 5.73 Å². The first-order chi connectivity index (χ1) is 8.74. The number of hydrogen-bond acceptors (Lipinski definition) is 2. The summed E-state index contributed by atoms with van der Waals surface area (Å²) in [5.74, 6) is 0.711. The molecule has 0 bridgehead atoms. The van der Waals surface area contributed by atoms with E-state index in [9.17, 15) is 0 Å². The maximum Gasteiger partial charge on any atom is 0.0949 e. The van der Waals surface area contributed by atoms with Crippen LogP contribution in [0.15, 0.2) is 0 Å². The predicted octanol–water partition coefficient (Wildman–Crippen LogP) is 3.38. The Morgan fingerprint density at radius 3 is 2.50 bits per heavy atom. The van der Waals surface area contributed by atoms with E-state index < -0.39 is 0 Å². The monoisotopic (exact) mass is 253 g/mol. The Hall–Kier alpha value is -0.570. The smallest absolute Gasteiger partial charge is 0.0949 e. The molecule has 18 heavy (non-hydrogen) atoms. The van der Waals surface area contributed by atoms with Crippen LogP contribution in [0.5, 0.6) is 0 Å². The molecule has 3 heteroatoms. The number of piperidine rings is 1. The van der Waals surface area contributed by atoms with Crippen LogP contribution in [0.3, 0.4) is 0 Å². The average Bonchev–Trinajstić information content (AvgIpc) is 2.38. The molecule has 106 valence electrons. The van der Waals surface area contributed by atoms with Crippen molar-refractivity contribution in [2.75, 3.05) is 19.6 Å². The Labute approximate surface area is 113 Å². The van der Waals surface area contributed by atoms with Gasteiger partial charge >= 0.3 is 0 Å². The standard InChI is InChI=1S/C15H31N3/c1-2-3-4-5-6-7-8-11-18-12-9-10-14(13-18)15(16)17/h14H,2-13H2,1H3,(H3,16,17). The number of rotatable bonds is 9. The molecule has 0 aliphatic carbocycles. The zero-order chi connectivity index (χ0) is 13.2. The average molecular weight is 253 g/mol. The Bertz CT molecular complexity index is 228. The lowest BCUT2D eigenvalue weighted by molar-refractivity contribution is 0.199. The van der Waals surface area contributed by atoms with E-state index in [1.807, 2.05) is 0 Å². The largest absolute Gasteiger partial charge is 0.387 e. The SMILES string of the molecule is CCCCCCCCCN1CCCC(C(=N)N)C1. The lowest BCUT2D eigenvalue weighted by Gasteiger charge is -2.32. The molecule has 1 heterocycles. The highest BCUT2D eigenvalue weighted by Gasteiger charge is 2.21. The fraction of sp³-hybridized carbons (Fsp3) is 0.933. The molecule has 0 aromatic heterocycles. The van der Waals surface area contributed by atoms with Gasteiger partial charge < -0.3 is 10.6 Å². The van der Waals surface area contributed by atoms with Gasteiger partial charge in [0.25, 0.3) is 0 Å².